The molecule has 18 heavy (non-hydrogen) atoms. The van der Waals surface area contributed by atoms with Gasteiger partial charge in [0, 0.05) is 19.6 Å². The van der Waals surface area contributed by atoms with E-state index in [0.717, 1.165) is 32.5 Å². The second-order valence-electron chi connectivity index (χ2n) is 5.20. The van der Waals surface area contributed by atoms with E-state index >= 15 is 0 Å². The van der Waals surface area contributed by atoms with Crippen LogP contribution in [0.2, 0.25) is 0 Å². The number of anilines is 1. The molecule has 6 heteroatoms. The van der Waals surface area contributed by atoms with Crippen LogP contribution in [0, 0.1) is 5.92 Å². The fourth-order valence-electron chi connectivity index (χ4n) is 2.47. The Kier molecular flexibility index (Phi) is 3.86. The zero-order valence-corrected chi connectivity index (χ0v) is 11.0. The third-order valence-corrected chi connectivity index (χ3v) is 3.42. The lowest BCUT2D eigenvalue weighted by atomic mass is 9.96. The van der Waals surface area contributed by atoms with Gasteiger partial charge in [0.2, 0.25) is 0 Å². The molecule has 0 spiro atoms. The molecular weight excluding hydrogens is 230 g/mol. The Morgan fingerprint density at radius 2 is 2.22 bits per heavy atom. The van der Waals surface area contributed by atoms with Crippen molar-refractivity contribution in [3.8, 4) is 0 Å². The first-order valence-corrected chi connectivity index (χ1v) is 6.30. The molecule has 0 aromatic carbocycles. The van der Waals surface area contributed by atoms with Gasteiger partial charge in [-0.25, -0.2) is 0 Å². The van der Waals surface area contributed by atoms with Crippen molar-refractivity contribution >= 4 is 11.7 Å². The molecule has 100 valence electrons. The van der Waals surface area contributed by atoms with Crippen LogP contribution in [0.15, 0.2) is 6.20 Å². The zero-order chi connectivity index (χ0) is 13.1. The molecular formula is C12H21N5O. The smallest absolute Gasteiger partial charge is 0.259 e. The summed E-state index contributed by atoms with van der Waals surface area (Å²) >= 11 is 0. The molecule has 2 rings (SSSR count). The van der Waals surface area contributed by atoms with Gasteiger partial charge in [-0.1, -0.05) is 0 Å². The number of aromatic amines is 1. The van der Waals surface area contributed by atoms with E-state index in [1.165, 1.54) is 6.20 Å². The number of H-pyrrole nitrogens is 1. The molecule has 1 aliphatic rings. The molecule has 0 radical (unpaired) electrons. The highest BCUT2D eigenvalue weighted by Gasteiger charge is 2.25. The maximum absolute atomic E-state index is 12.2. The van der Waals surface area contributed by atoms with E-state index in [4.69, 9.17) is 5.73 Å². The number of hydrogen-bond donors (Lipinski definition) is 2. The number of aromatic nitrogens is 2. The first-order valence-electron chi connectivity index (χ1n) is 6.30. The van der Waals surface area contributed by atoms with Crippen LogP contribution in [0.25, 0.3) is 0 Å². The lowest BCUT2D eigenvalue weighted by molar-refractivity contribution is 0.0679. The van der Waals surface area contributed by atoms with Crippen molar-refractivity contribution < 1.29 is 4.79 Å². The average molecular weight is 251 g/mol. The quantitative estimate of drug-likeness (QED) is 0.815. The number of piperidine rings is 1. The number of amides is 1. The third kappa shape index (κ3) is 2.81. The lowest BCUT2D eigenvalue weighted by Gasteiger charge is -2.33. The number of nitrogens with two attached hydrogens (primary N) is 1. The van der Waals surface area contributed by atoms with Crippen molar-refractivity contribution in [3.05, 3.63) is 11.8 Å². The topological polar surface area (TPSA) is 78.2 Å². The highest BCUT2D eigenvalue weighted by atomic mass is 16.2. The molecule has 0 saturated carbocycles. The molecule has 1 aliphatic heterocycles. The van der Waals surface area contributed by atoms with Crippen LogP contribution in [0.5, 0.6) is 0 Å². The van der Waals surface area contributed by atoms with Crippen molar-refractivity contribution in [1.82, 2.24) is 20.0 Å². The fraction of sp³-hybridized carbons (Fsp3) is 0.667. The minimum atomic E-state index is -0.00967. The minimum Gasteiger partial charge on any atom is -0.383 e. The van der Waals surface area contributed by atoms with Gasteiger partial charge < -0.3 is 15.5 Å². The molecule has 0 bridgehead atoms. The van der Waals surface area contributed by atoms with Crippen LogP contribution in [0.4, 0.5) is 5.82 Å². The molecule has 1 saturated heterocycles. The SMILES string of the molecule is CN(C)CC1CCN(C(=O)c2cn[nH]c2N)CC1. The Balaban J connectivity index is 1.90. The van der Waals surface area contributed by atoms with Gasteiger partial charge in [0.25, 0.3) is 5.91 Å². The van der Waals surface area contributed by atoms with E-state index in [0.29, 0.717) is 17.3 Å². The van der Waals surface area contributed by atoms with Crippen LogP contribution in [0.3, 0.4) is 0 Å². The number of nitrogen functional groups attached to an aromatic ring is 1. The van der Waals surface area contributed by atoms with Gasteiger partial charge in [0.15, 0.2) is 0 Å². The predicted molar refractivity (Wildman–Crippen MR) is 70.2 cm³/mol. The molecule has 0 unspecified atom stereocenters. The van der Waals surface area contributed by atoms with E-state index in [9.17, 15) is 4.79 Å². The number of nitrogens with one attached hydrogen (secondary N) is 1. The summed E-state index contributed by atoms with van der Waals surface area (Å²) in [5.74, 6) is 1.03. The first-order chi connectivity index (χ1) is 8.58. The molecule has 3 N–H and O–H groups in total. The van der Waals surface area contributed by atoms with Crippen LogP contribution in [-0.2, 0) is 0 Å². The van der Waals surface area contributed by atoms with Gasteiger partial charge >= 0.3 is 0 Å². The monoisotopic (exact) mass is 251 g/mol. The average Bonchev–Trinajstić information content (AvgIpc) is 2.75. The maximum Gasteiger partial charge on any atom is 0.259 e. The van der Waals surface area contributed by atoms with E-state index in [1.807, 2.05) is 4.90 Å². The summed E-state index contributed by atoms with van der Waals surface area (Å²) in [7, 11) is 4.17. The second-order valence-corrected chi connectivity index (χ2v) is 5.20. The summed E-state index contributed by atoms with van der Waals surface area (Å²) in [4.78, 5) is 16.3. The number of hydrogen-bond acceptors (Lipinski definition) is 4. The lowest BCUT2D eigenvalue weighted by Crippen LogP contribution is -2.40. The number of likely N-dealkylation sites (tertiary alicyclic amines) is 1. The van der Waals surface area contributed by atoms with Crippen molar-refractivity contribution in [2.45, 2.75) is 12.8 Å². The maximum atomic E-state index is 12.2. The summed E-state index contributed by atoms with van der Waals surface area (Å²) in [6.45, 7) is 2.71. The van der Waals surface area contributed by atoms with Crippen molar-refractivity contribution in [2.24, 2.45) is 5.92 Å². The standard InChI is InChI=1S/C12H21N5O/c1-16(2)8-9-3-5-17(6-4-9)12(18)10-7-14-15-11(10)13/h7,9H,3-6,8H2,1-2H3,(H3,13,14,15). The molecule has 1 aromatic heterocycles. The van der Waals surface area contributed by atoms with Crippen LogP contribution in [0.1, 0.15) is 23.2 Å². The summed E-state index contributed by atoms with van der Waals surface area (Å²) in [6.07, 6.45) is 3.62. The molecule has 1 amide bonds. The van der Waals surface area contributed by atoms with E-state index in [-0.39, 0.29) is 5.91 Å². The number of carbonyl (C=O) groups is 1. The Bertz CT molecular complexity index is 406. The Morgan fingerprint density at radius 3 is 2.72 bits per heavy atom. The van der Waals surface area contributed by atoms with Crippen LogP contribution >= 0.6 is 0 Å². The molecule has 2 heterocycles. The Labute approximate surface area is 107 Å². The molecule has 1 fully saturated rings. The molecule has 6 nitrogen and oxygen atoms in total. The van der Waals surface area contributed by atoms with E-state index in [2.05, 4.69) is 29.2 Å². The van der Waals surface area contributed by atoms with Gasteiger partial charge in [-0.2, -0.15) is 5.10 Å². The van der Waals surface area contributed by atoms with E-state index in [1.54, 1.807) is 0 Å². The van der Waals surface area contributed by atoms with Gasteiger partial charge in [-0.15, -0.1) is 0 Å². The predicted octanol–water partition coefficient (Wildman–Crippen LogP) is 0.406. The molecule has 0 aliphatic carbocycles. The van der Waals surface area contributed by atoms with Gasteiger partial charge in [0.05, 0.1) is 6.20 Å². The van der Waals surface area contributed by atoms with Crippen LogP contribution < -0.4 is 5.73 Å². The highest BCUT2D eigenvalue weighted by Crippen LogP contribution is 2.20. The van der Waals surface area contributed by atoms with E-state index < -0.39 is 0 Å². The number of nitrogens with zero attached hydrogens (tertiary/aromatic N) is 3. The third-order valence-electron chi connectivity index (χ3n) is 3.42. The van der Waals surface area contributed by atoms with Crippen molar-refractivity contribution in [1.29, 1.82) is 0 Å². The minimum absolute atomic E-state index is 0.00967. The Hall–Kier alpha value is -1.56. The van der Waals surface area contributed by atoms with Crippen LogP contribution in [-0.4, -0.2) is 59.6 Å². The molecule has 1 aromatic rings. The van der Waals surface area contributed by atoms with Crippen molar-refractivity contribution in [3.63, 3.8) is 0 Å². The normalized spacial score (nSPS) is 17.4. The zero-order valence-electron chi connectivity index (χ0n) is 11.0. The van der Waals surface area contributed by atoms with Crippen molar-refractivity contribution in [2.75, 3.05) is 39.5 Å². The van der Waals surface area contributed by atoms with Gasteiger partial charge in [0.1, 0.15) is 11.4 Å². The number of rotatable bonds is 3. The summed E-state index contributed by atoms with van der Waals surface area (Å²) in [5.41, 5.74) is 6.16. The Morgan fingerprint density at radius 1 is 1.56 bits per heavy atom. The summed E-state index contributed by atoms with van der Waals surface area (Å²) in [5, 5.41) is 6.38. The largest absolute Gasteiger partial charge is 0.383 e. The highest BCUT2D eigenvalue weighted by molar-refractivity contribution is 5.98. The second kappa shape index (κ2) is 5.39. The summed E-state index contributed by atoms with van der Waals surface area (Å²) in [6, 6.07) is 0. The van der Waals surface area contributed by atoms with Gasteiger partial charge in [-0.3, -0.25) is 9.89 Å². The first kappa shape index (κ1) is 12.9. The van der Waals surface area contributed by atoms with Gasteiger partial charge in [-0.05, 0) is 32.9 Å². The fourth-order valence-corrected chi connectivity index (χ4v) is 2.47. The molecule has 0 atom stereocenters. The number of carbonyl (C=O) groups excluding carboxylic acids is 1. The summed E-state index contributed by atoms with van der Waals surface area (Å²) < 4.78 is 0.